The maximum atomic E-state index is 16.0. The van der Waals surface area contributed by atoms with Gasteiger partial charge in [0, 0.05) is 23.9 Å². The van der Waals surface area contributed by atoms with E-state index in [1.54, 1.807) is 12.7 Å². The molecule has 8 aromatic heterocycles. The highest BCUT2D eigenvalue weighted by atomic mass is 32.7. The zero-order valence-corrected chi connectivity index (χ0v) is 50.8. The zero-order chi connectivity index (χ0) is 60.2. The maximum absolute atomic E-state index is 16.0. The van der Waals surface area contributed by atoms with Crippen molar-refractivity contribution in [1.29, 1.82) is 0 Å². The number of fused-ring (bicyclic) bond motifs is 8. The molecule has 4 aliphatic heterocycles. The van der Waals surface area contributed by atoms with Crippen LogP contribution in [0, 0.1) is 23.7 Å². The molecule has 0 radical (unpaired) electrons. The summed E-state index contributed by atoms with van der Waals surface area (Å²) < 4.78 is 109. The average molecular weight is 1350 g/mol. The topological polar surface area (TPSA) is 449 Å². The van der Waals surface area contributed by atoms with Gasteiger partial charge in [0.2, 0.25) is 0 Å². The van der Waals surface area contributed by atoms with E-state index in [-0.39, 0.29) is 108 Å². The first-order valence-electron chi connectivity index (χ1n) is 25.9. The number of thiol groups is 1. The Labute approximate surface area is 502 Å². The molecule has 4 unspecified atom stereocenters. The van der Waals surface area contributed by atoms with Crippen LogP contribution in [0.3, 0.4) is 0 Å². The number of aromatic nitrogens is 16. The van der Waals surface area contributed by atoms with E-state index in [1.165, 1.54) is 47.1 Å². The lowest BCUT2D eigenvalue weighted by atomic mass is 9.70. The minimum Gasteiger partial charge on any atom is -0.382 e. The molecule has 0 amide bonds. The molecule has 0 bridgehead atoms. The highest BCUT2D eigenvalue weighted by molar-refractivity contribution is 8.44. The lowest BCUT2D eigenvalue weighted by Crippen LogP contribution is -2.43. The third-order valence-corrected chi connectivity index (χ3v) is 22.1. The molecule has 460 valence electrons. The lowest BCUT2D eigenvalue weighted by molar-refractivity contribution is -0.0427. The second-order valence-electron chi connectivity index (χ2n) is 20.6. The van der Waals surface area contributed by atoms with E-state index in [4.69, 9.17) is 104 Å². The van der Waals surface area contributed by atoms with Gasteiger partial charge in [0.05, 0.1) is 65.0 Å². The first kappa shape index (κ1) is 60.2. The Bertz CT molecular complexity index is 3850. The number of nitrogens with zero attached hydrogens (tertiary/aromatic N) is 16. The standard InChI is InChI=1S/2C21H25FN10O7P2S2/c2*22-13-16-12(38-21(13)32-8-30-15-18(24)26-6-28-20(15)32)4-37-40(33,42)36-3-10-9(2-35-41(34,43)39-16)1-11(10)31-7-29-14-17(23)25-5-27-19(14)31/h2*5-13,16,21H,1-4H2,(H,33,42)(H,34,43)(H2,23,25,27)(H2,24,26,28)/t2*9-,10-,11-,12-,13-,16-,21-,40?,41?/m11/s1. The molecular formula is C42H50F2N20O14P4S4. The minimum atomic E-state index is -4.00. The van der Waals surface area contributed by atoms with E-state index in [0.717, 1.165) is 0 Å². The monoisotopic (exact) mass is 1350 g/mol. The van der Waals surface area contributed by atoms with Crippen LogP contribution in [0.15, 0.2) is 50.6 Å². The van der Waals surface area contributed by atoms with Crippen molar-refractivity contribution in [3.8, 4) is 0 Å². The number of imidazole rings is 4. The van der Waals surface area contributed by atoms with Gasteiger partial charge in [-0.05, 0) is 60.1 Å². The number of nitrogen functional groups attached to an aromatic ring is 4. The van der Waals surface area contributed by atoms with E-state index in [1.807, 2.05) is 9.13 Å². The summed E-state index contributed by atoms with van der Waals surface area (Å²) in [6.45, 7) is -16.9. The van der Waals surface area contributed by atoms with Gasteiger partial charge in [0.25, 0.3) is 0 Å². The summed E-state index contributed by atoms with van der Waals surface area (Å²) in [5, 5.41) is 0. The summed E-state index contributed by atoms with van der Waals surface area (Å²) in [7, 11) is 0. The lowest BCUT2D eigenvalue weighted by Gasteiger charge is -2.45. The molecular weight excluding hydrogens is 1300 g/mol. The van der Waals surface area contributed by atoms with Crippen LogP contribution >= 0.6 is 39.2 Å². The van der Waals surface area contributed by atoms with E-state index in [0.29, 0.717) is 35.2 Å². The largest absolute Gasteiger partial charge is 0.386 e. The second-order valence-corrected chi connectivity index (χ2v) is 31.9. The number of hydrogen-bond donors (Lipinski definition) is 8. The fourth-order valence-electron chi connectivity index (χ4n) is 11.3. The molecule has 6 fully saturated rings. The Hall–Kier alpha value is -4.73. The summed E-state index contributed by atoms with van der Waals surface area (Å²) >= 11 is 19.9. The van der Waals surface area contributed by atoms with Crippen LogP contribution in [0.4, 0.5) is 32.1 Å². The van der Waals surface area contributed by atoms with Gasteiger partial charge in [-0.25, -0.2) is 73.2 Å². The van der Waals surface area contributed by atoms with Crippen molar-refractivity contribution in [2.24, 2.45) is 23.7 Å². The second kappa shape index (κ2) is 23.3. The normalized spacial score (nSPS) is 37.1. The molecule has 86 heavy (non-hydrogen) atoms. The van der Waals surface area contributed by atoms with Gasteiger partial charge in [-0.3, -0.25) is 22.7 Å². The van der Waals surface area contributed by atoms with Crippen molar-refractivity contribution in [2.45, 2.75) is 74.1 Å². The molecule has 44 heteroatoms. The molecule has 18 atom stereocenters. The van der Waals surface area contributed by atoms with E-state index in [9.17, 15) is 19.2 Å². The van der Waals surface area contributed by atoms with E-state index >= 15 is 8.78 Å². The fraction of sp³-hybridized carbons (Fsp3) is 0.524. The van der Waals surface area contributed by atoms with Crippen molar-refractivity contribution in [1.82, 2.24) is 78.1 Å². The smallest absolute Gasteiger partial charge is 0.382 e. The number of anilines is 4. The number of hydrogen-bond acceptors (Lipinski definition) is 30. The van der Waals surface area contributed by atoms with Crippen molar-refractivity contribution >= 4 is 143 Å². The van der Waals surface area contributed by atoms with Gasteiger partial charge in [-0.1, -0.05) is 12.2 Å². The van der Waals surface area contributed by atoms with Crippen LogP contribution in [0.2, 0.25) is 0 Å². The van der Waals surface area contributed by atoms with Crippen LogP contribution in [0.5, 0.6) is 0 Å². The molecule has 14 rings (SSSR count). The predicted octanol–water partition coefficient (Wildman–Crippen LogP) is 3.07. The number of ether oxygens (including phenoxy) is 2. The zero-order valence-electron chi connectivity index (χ0n) is 43.9. The Morgan fingerprint density at radius 3 is 1.21 bits per heavy atom. The third kappa shape index (κ3) is 11.5. The van der Waals surface area contributed by atoms with Crippen molar-refractivity contribution in [3.63, 3.8) is 0 Å². The quantitative estimate of drug-likeness (QED) is 0.0927. The van der Waals surface area contributed by atoms with E-state index in [2.05, 4.69) is 72.1 Å². The molecule has 0 spiro atoms. The average Bonchev–Trinajstić information content (AvgIpc) is 2.00. The SMILES string of the molecule is Nc1ncnc2c1ncn2[C@@H]1C[C@@H]2COP(O)(=S)O[C@H]3[C@@H](F)[C@H](n4cnc5c(N)ncnc54)O[C@@H]3COP(=O)(S)OC[C@H]21.Nc1ncnc2c1ncn2[C@@H]1C[C@@H]2COP(O)(=S)O[C@H]3[C@@H](F)[C@H](n4cnc5c(N)ncnc54)O[C@@H]3COP(O)(=S)OC[C@H]21. The van der Waals surface area contributed by atoms with Gasteiger partial charge in [0.15, 0.2) is 70.7 Å². The van der Waals surface area contributed by atoms with Crippen LogP contribution in [0.25, 0.3) is 44.7 Å². The molecule has 34 nitrogen and oxygen atoms in total. The minimum absolute atomic E-state index is 0.0205. The van der Waals surface area contributed by atoms with Crippen LogP contribution < -0.4 is 22.9 Å². The van der Waals surface area contributed by atoms with Gasteiger partial charge in [-0.15, -0.1) is 0 Å². The first-order valence-corrected chi connectivity index (χ1v) is 36.4. The predicted molar refractivity (Wildman–Crippen MR) is 309 cm³/mol. The molecule has 2 aliphatic carbocycles. The highest BCUT2D eigenvalue weighted by Gasteiger charge is 2.54. The molecule has 2 saturated carbocycles. The van der Waals surface area contributed by atoms with Crippen LogP contribution in [-0.2, 0) is 85.6 Å². The highest BCUT2D eigenvalue weighted by Crippen LogP contribution is 2.60. The van der Waals surface area contributed by atoms with Crippen molar-refractivity contribution < 1.29 is 73.7 Å². The van der Waals surface area contributed by atoms with Gasteiger partial charge in [0.1, 0.15) is 71.8 Å². The molecule has 11 N–H and O–H groups in total. The van der Waals surface area contributed by atoms with E-state index < -0.39 is 89.4 Å². The first-order chi connectivity index (χ1) is 41.0. The molecule has 4 saturated heterocycles. The number of nitrogens with two attached hydrogens (primary N) is 4. The van der Waals surface area contributed by atoms with Gasteiger partial charge >= 0.3 is 27.0 Å². The third-order valence-electron chi connectivity index (χ3n) is 15.7. The van der Waals surface area contributed by atoms with Crippen molar-refractivity contribution in [2.75, 3.05) is 62.6 Å². The van der Waals surface area contributed by atoms with Crippen LogP contribution in [-0.4, -0.2) is 169 Å². The number of alkyl halides is 2. The summed E-state index contributed by atoms with van der Waals surface area (Å²) in [4.78, 5) is 82.4. The molecule has 0 aromatic carbocycles. The number of rotatable bonds is 4. The molecule has 8 aromatic rings. The van der Waals surface area contributed by atoms with Gasteiger partial charge in [-0.2, -0.15) is 0 Å². The Balaban J connectivity index is 0.000000160. The van der Waals surface area contributed by atoms with Crippen LogP contribution in [0.1, 0.15) is 37.4 Å². The molecule has 6 aliphatic rings. The van der Waals surface area contributed by atoms with Gasteiger partial charge < -0.3 is 78.8 Å². The Morgan fingerprint density at radius 1 is 0.477 bits per heavy atom. The summed E-state index contributed by atoms with van der Waals surface area (Å²) in [5.41, 5.74) is 26.5. The Kier molecular flexibility index (Phi) is 16.3. The summed E-state index contributed by atoms with van der Waals surface area (Å²) in [6.07, 6.45) is 0.205. The summed E-state index contributed by atoms with van der Waals surface area (Å²) in [6, 6.07) is -0.391. The fourth-order valence-corrected chi connectivity index (χ4v) is 16.6. The maximum Gasteiger partial charge on any atom is 0.386 e. The summed E-state index contributed by atoms with van der Waals surface area (Å²) in [5.74, 6) is -0.324. The molecule has 12 heterocycles. The Morgan fingerprint density at radius 2 is 0.802 bits per heavy atom. The number of halogens is 2. The van der Waals surface area contributed by atoms with Crippen molar-refractivity contribution in [3.05, 3.63) is 50.6 Å².